The Kier molecular flexibility index (Phi) is 3.92. The Morgan fingerprint density at radius 3 is 2.41 bits per heavy atom. The van der Waals surface area contributed by atoms with Gasteiger partial charge in [0, 0.05) is 5.56 Å². The highest BCUT2D eigenvalue weighted by molar-refractivity contribution is 5.52. The van der Waals surface area contributed by atoms with Gasteiger partial charge in [-0.15, -0.1) is 10.2 Å². The van der Waals surface area contributed by atoms with Crippen LogP contribution in [-0.4, -0.2) is 10.2 Å². The first-order valence-corrected chi connectivity index (χ1v) is 7.21. The summed E-state index contributed by atoms with van der Waals surface area (Å²) >= 11 is 0. The van der Waals surface area contributed by atoms with Crippen LogP contribution in [-0.2, 0) is 6.61 Å². The molecule has 0 aliphatic rings. The molecule has 112 valence electrons. The second kappa shape index (κ2) is 6.02. The summed E-state index contributed by atoms with van der Waals surface area (Å²) in [6.07, 6.45) is 0. The minimum Gasteiger partial charge on any atom is -0.484 e. The van der Waals surface area contributed by atoms with Crippen molar-refractivity contribution in [2.45, 2.75) is 27.4 Å². The predicted molar refractivity (Wildman–Crippen MR) is 84.7 cm³/mol. The van der Waals surface area contributed by atoms with E-state index >= 15 is 0 Å². The fraction of sp³-hybridized carbons (Fsp3) is 0.222. The molecule has 1 heterocycles. The third-order valence-corrected chi connectivity index (χ3v) is 3.46. The standard InChI is InChI=1S/C18H18N2O2/c1-12-5-8-15(9-6-12)18-20-19-17(22-18)11-21-16-10-13(2)4-7-14(16)3/h4-10H,11H2,1-3H3. The molecule has 0 aliphatic heterocycles. The van der Waals surface area contributed by atoms with Crippen molar-refractivity contribution < 1.29 is 9.15 Å². The van der Waals surface area contributed by atoms with Crippen molar-refractivity contribution in [3.05, 3.63) is 65.0 Å². The van der Waals surface area contributed by atoms with E-state index < -0.39 is 0 Å². The Labute approximate surface area is 129 Å². The van der Waals surface area contributed by atoms with Crippen molar-refractivity contribution in [2.75, 3.05) is 0 Å². The molecule has 0 saturated carbocycles. The third kappa shape index (κ3) is 3.17. The SMILES string of the molecule is Cc1ccc(-c2nnc(COc3cc(C)ccc3C)o2)cc1. The zero-order valence-electron chi connectivity index (χ0n) is 13.0. The normalized spacial score (nSPS) is 10.7. The summed E-state index contributed by atoms with van der Waals surface area (Å²) in [6.45, 7) is 6.36. The van der Waals surface area contributed by atoms with Crippen LogP contribution in [0.3, 0.4) is 0 Å². The zero-order chi connectivity index (χ0) is 15.5. The Morgan fingerprint density at radius 2 is 1.64 bits per heavy atom. The Morgan fingerprint density at radius 1 is 0.909 bits per heavy atom. The van der Waals surface area contributed by atoms with Crippen molar-refractivity contribution in [2.24, 2.45) is 0 Å². The minimum absolute atomic E-state index is 0.267. The average molecular weight is 294 g/mol. The van der Waals surface area contributed by atoms with E-state index in [0.717, 1.165) is 22.4 Å². The topological polar surface area (TPSA) is 48.2 Å². The highest BCUT2D eigenvalue weighted by atomic mass is 16.5. The first kappa shape index (κ1) is 14.3. The summed E-state index contributed by atoms with van der Waals surface area (Å²) in [6, 6.07) is 14.1. The summed E-state index contributed by atoms with van der Waals surface area (Å²) in [5.74, 6) is 1.83. The molecule has 0 bridgehead atoms. The van der Waals surface area contributed by atoms with E-state index in [-0.39, 0.29) is 6.61 Å². The van der Waals surface area contributed by atoms with Crippen LogP contribution < -0.4 is 4.74 Å². The molecule has 2 aromatic carbocycles. The molecule has 1 aromatic heterocycles. The maximum Gasteiger partial charge on any atom is 0.254 e. The number of benzene rings is 2. The van der Waals surface area contributed by atoms with Gasteiger partial charge in [0.25, 0.3) is 5.89 Å². The molecular formula is C18H18N2O2. The first-order chi connectivity index (χ1) is 10.6. The molecule has 22 heavy (non-hydrogen) atoms. The van der Waals surface area contributed by atoms with Crippen LogP contribution in [0, 0.1) is 20.8 Å². The van der Waals surface area contributed by atoms with E-state index in [0.29, 0.717) is 11.8 Å². The van der Waals surface area contributed by atoms with Crippen molar-refractivity contribution in [3.8, 4) is 17.2 Å². The molecule has 0 radical (unpaired) electrons. The zero-order valence-corrected chi connectivity index (χ0v) is 13.0. The first-order valence-electron chi connectivity index (χ1n) is 7.21. The molecule has 0 aliphatic carbocycles. The van der Waals surface area contributed by atoms with Crippen LogP contribution in [0.25, 0.3) is 11.5 Å². The maximum atomic E-state index is 5.78. The molecule has 0 N–H and O–H groups in total. The predicted octanol–water partition coefficient (Wildman–Crippen LogP) is 4.24. The minimum atomic E-state index is 0.267. The van der Waals surface area contributed by atoms with Crippen molar-refractivity contribution in [1.29, 1.82) is 0 Å². The monoisotopic (exact) mass is 294 g/mol. The maximum absolute atomic E-state index is 5.78. The van der Waals surface area contributed by atoms with Crippen molar-refractivity contribution in [1.82, 2.24) is 10.2 Å². The quantitative estimate of drug-likeness (QED) is 0.722. The van der Waals surface area contributed by atoms with Gasteiger partial charge in [0.05, 0.1) is 0 Å². The molecular weight excluding hydrogens is 276 g/mol. The van der Waals surface area contributed by atoms with Gasteiger partial charge in [-0.05, 0) is 50.1 Å². The van der Waals surface area contributed by atoms with E-state index in [4.69, 9.17) is 9.15 Å². The fourth-order valence-corrected chi connectivity index (χ4v) is 2.13. The molecule has 0 unspecified atom stereocenters. The Hall–Kier alpha value is -2.62. The lowest BCUT2D eigenvalue weighted by atomic mass is 10.1. The van der Waals surface area contributed by atoms with Gasteiger partial charge in [-0.3, -0.25) is 0 Å². The summed E-state index contributed by atoms with van der Waals surface area (Å²) in [7, 11) is 0. The number of aryl methyl sites for hydroxylation is 3. The summed E-state index contributed by atoms with van der Waals surface area (Å²) in [5, 5.41) is 8.11. The van der Waals surface area contributed by atoms with E-state index in [1.165, 1.54) is 5.56 Å². The number of ether oxygens (including phenoxy) is 1. The Bertz CT molecular complexity index is 776. The van der Waals surface area contributed by atoms with Crippen LogP contribution in [0.2, 0.25) is 0 Å². The molecule has 3 rings (SSSR count). The largest absolute Gasteiger partial charge is 0.484 e. The highest BCUT2D eigenvalue weighted by Crippen LogP contribution is 2.22. The molecule has 0 fully saturated rings. The molecule has 4 heteroatoms. The lowest BCUT2D eigenvalue weighted by molar-refractivity contribution is 0.263. The molecule has 4 nitrogen and oxygen atoms in total. The Balaban J connectivity index is 1.72. The smallest absolute Gasteiger partial charge is 0.254 e. The van der Waals surface area contributed by atoms with Gasteiger partial charge < -0.3 is 9.15 Å². The second-order valence-corrected chi connectivity index (χ2v) is 5.42. The number of hydrogen-bond acceptors (Lipinski definition) is 4. The number of rotatable bonds is 4. The molecule has 0 saturated heterocycles. The van der Waals surface area contributed by atoms with Gasteiger partial charge in [-0.1, -0.05) is 29.8 Å². The van der Waals surface area contributed by atoms with Crippen molar-refractivity contribution >= 4 is 0 Å². The second-order valence-electron chi connectivity index (χ2n) is 5.42. The van der Waals surface area contributed by atoms with Gasteiger partial charge in [0.1, 0.15) is 5.75 Å². The van der Waals surface area contributed by atoms with Crippen LogP contribution in [0.1, 0.15) is 22.6 Å². The van der Waals surface area contributed by atoms with Crippen LogP contribution >= 0.6 is 0 Å². The van der Waals surface area contributed by atoms with Crippen LogP contribution in [0.5, 0.6) is 5.75 Å². The number of hydrogen-bond donors (Lipinski definition) is 0. The summed E-state index contributed by atoms with van der Waals surface area (Å²) < 4.78 is 11.4. The van der Waals surface area contributed by atoms with Crippen LogP contribution in [0.15, 0.2) is 46.9 Å². The van der Waals surface area contributed by atoms with E-state index in [9.17, 15) is 0 Å². The molecule has 0 spiro atoms. The fourth-order valence-electron chi connectivity index (χ4n) is 2.13. The van der Waals surface area contributed by atoms with Gasteiger partial charge in [0.15, 0.2) is 6.61 Å². The molecule has 0 atom stereocenters. The van der Waals surface area contributed by atoms with Gasteiger partial charge >= 0.3 is 0 Å². The average Bonchev–Trinajstić information content (AvgIpc) is 2.98. The number of nitrogens with zero attached hydrogens (tertiary/aromatic N) is 2. The lowest BCUT2D eigenvalue weighted by Gasteiger charge is -2.07. The van der Waals surface area contributed by atoms with Gasteiger partial charge in [-0.25, -0.2) is 0 Å². The lowest BCUT2D eigenvalue weighted by Crippen LogP contribution is -1.97. The summed E-state index contributed by atoms with van der Waals surface area (Å²) in [5.41, 5.74) is 4.35. The van der Waals surface area contributed by atoms with Crippen molar-refractivity contribution in [3.63, 3.8) is 0 Å². The molecule has 0 amide bonds. The van der Waals surface area contributed by atoms with Crippen LogP contribution in [0.4, 0.5) is 0 Å². The van der Waals surface area contributed by atoms with Gasteiger partial charge in [0.2, 0.25) is 5.89 Å². The van der Waals surface area contributed by atoms with E-state index in [1.54, 1.807) is 0 Å². The van der Waals surface area contributed by atoms with E-state index in [2.05, 4.69) is 16.3 Å². The van der Waals surface area contributed by atoms with Gasteiger partial charge in [-0.2, -0.15) is 0 Å². The highest BCUT2D eigenvalue weighted by Gasteiger charge is 2.09. The van der Waals surface area contributed by atoms with E-state index in [1.807, 2.05) is 57.2 Å². The third-order valence-electron chi connectivity index (χ3n) is 3.46. The summed E-state index contributed by atoms with van der Waals surface area (Å²) in [4.78, 5) is 0. The molecule has 3 aromatic rings. The number of aromatic nitrogens is 2.